The zero-order valence-electron chi connectivity index (χ0n) is 21.7. The molecular formula is C29H25BrN2O6S. The number of allylic oxidation sites excluding steroid dienone is 1. The van der Waals surface area contributed by atoms with Gasteiger partial charge in [0.25, 0.3) is 5.56 Å². The monoisotopic (exact) mass is 608 g/mol. The number of thiazole rings is 1. The molecule has 5 rings (SSSR count). The number of hydrogen-bond donors (Lipinski definition) is 0. The molecule has 3 heterocycles. The average Bonchev–Trinajstić information content (AvgIpc) is 3.52. The Balaban J connectivity index is 1.67. The second-order valence-electron chi connectivity index (χ2n) is 8.62. The van der Waals surface area contributed by atoms with Gasteiger partial charge in [-0.05, 0) is 50.2 Å². The van der Waals surface area contributed by atoms with Gasteiger partial charge >= 0.3 is 5.97 Å². The number of ether oxygens (including phenoxy) is 3. The number of esters is 1. The van der Waals surface area contributed by atoms with Crippen LogP contribution in [-0.2, 0) is 9.53 Å². The molecule has 200 valence electrons. The van der Waals surface area contributed by atoms with E-state index in [-0.39, 0.29) is 17.7 Å². The van der Waals surface area contributed by atoms with Gasteiger partial charge in [-0.2, -0.15) is 0 Å². The Morgan fingerprint density at radius 1 is 1.13 bits per heavy atom. The van der Waals surface area contributed by atoms with Gasteiger partial charge in [0.2, 0.25) is 0 Å². The second kappa shape index (κ2) is 11.1. The minimum absolute atomic E-state index is 0.186. The number of hydrogen-bond acceptors (Lipinski definition) is 8. The lowest BCUT2D eigenvalue weighted by Crippen LogP contribution is -2.40. The van der Waals surface area contributed by atoms with Crippen LogP contribution < -0.4 is 24.4 Å². The van der Waals surface area contributed by atoms with Crippen molar-refractivity contribution >= 4 is 39.3 Å². The van der Waals surface area contributed by atoms with E-state index in [9.17, 15) is 9.59 Å². The largest absolute Gasteiger partial charge is 0.497 e. The molecule has 10 heteroatoms. The van der Waals surface area contributed by atoms with Crippen molar-refractivity contribution < 1.29 is 23.4 Å². The molecule has 0 saturated carbocycles. The van der Waals surface area contributed by atoms with Crippen molar-refractivity contribution in [2.75, 3.05) is 20.8 Å². The highest BCUT2D eigenvalue weighted by Crippen LogP contribution is 2.37. The molecule has 2 aromatic heterocycles. The molecule has 4 aromatic rings. The maximum Gasteiger partial charge on any atom is 0.338 e. The Kier molecular flexibility index (Phi) is 7.58. The van der Waals surface area contributed by atoms with E-state index in [1.54, 1.807) is 45.2 Å². The van der Waals surface area contributed by atoms with E-state index in [4.69, 9.17) is 18.6 Å². The van der Waals surface area contributed by atoms with Crippen LogP contribution in [-0.4, -0.2) is 31.4 Å². The maximum absolute atomic E-state index is 13.9. The first kappa shape index (κ1) is 26.7. The number of carbonyl (C=O) groups excluding carboxylic acids is 1. The van der Waals surface area contributed by atoms with Crippen molar-refractivity contribution in [1.82, 2.24) is 4.57 Å². The molecule has 0 aliphatic carbocycles. The number of furan rings is 1. The van der Waals surface area contributed by atoms with E-state index in [0.29, 0.717) is 43.6 Å². The standard InChI is InChI=1S/C29H25BrN2O6S/c1-5-37-28(34)25-16(2)31-29-32(26(25)21-12-10-19(35-3)14-23(21)36-4)27(33)24(39-29)15-20-11-13-22(38-20)17-6-8-18(30)9-7-17/h6-15,26H,5H2,1-4H3/b24-15-/t26-/m1/s1. The van der Waals surface area contributed by atoms with Crippen LogP contribution in [0.15, 0.2) is 84.5 Å². The zero-order chi connectivity index (χ0) is 27.7. The highest BCUT2D eigenvalue weighted by molar-refractivity contribution is 9.10. The summed E-state index contributed by atoms with van der Waals surface area (Å²) < 4.78 is 25.3. The van der Waals surface area contributed by atoms with Crippen LogP contribution in [0.25, 0.3) is 17.4 Å². The molecule has 2 aromatic carbocycles. The molecule has 0 unspecified atom stereocenters. The highest BCUT2D eigenvalue weighted by Gasteiger charge is 2.35. The van der Waals surface area contributed by atoms with Gasteiger partial charge in [0, 0.05) is 27.7 Å². The third-order valence-corrected chi connectivity index (χ3v) is 7.79. The predicted octanol–water partition coefficient (Wildman–Crippen LogP) is 4.84. The molecule has 0 amide bonds. The van der Waals surface area contributed by atoms with Crippen molar-refractivity contribution in [3.05, 3.63) is 101 Å². The maximum atomic E-state index is 13.9. The Labute approximate surface area is 236 Å². The fourth-order valence-electron chi connectivity index (χ4n) is 4.46. The van der Waals surface area contributed by atoms with Gasteiger partial charge in [-0.1, -0.05) is 39.4 Å². The summed E-state index contributed by atoms with van der Waals surface area (Å²) in [6.45, 7) is 3.66. The summed E-state index contributed by atoms with van der Waals surface area (Å²) in [5, 5.41) is 0. The third kappa shape index (κ3) is 5.09. The number of methoxy groups -OCH3 is 2. The minimum Gasteiger partial charge on any atom is -0.497 e. The summed E-state index contributed by atoms with van der Waals surface area (Å²) in [6.07, 6.45) is 1.69. The van der Waals surface area contributed by atoms with Crippen LogP contribution in [0.4, 0.5) is 0 Å². The van der Waals surface area contributed by atoms with Crippen LogP contribution in [0.1, 0.15) is 31.2 Å². The molecule has 8 nitrogen and oxygen atoms in total. The van der Waals surface area contributed by atoms with E-state index in [2.05, 4.69) is 20.9 Å². The SMILES string of the molecule is CCOC(=O)C1=C(C)N=c2s/c(=C\c3ccc(-c4ccc(Br)cc4)o3)c(=O)n2[C@@H]1c1ccc(OC)cc1OC. The Bertz CT molecular complexity index is 1760. The minimum atomic E-state index is -0.807. The van der Waals surface area contributed by atoms with Crippen LogP contribution in [0.3, 0.4) is 0 Å². The molecule has 0 radical (unpaired) electrons. The molecule has 0 N–H and O–H groups in total. The summed E-state index contributed by atoms with van der Waals surface area (Å²) in [5.74, 6) is 1.72. The lowest BCUT2D eigenvalue weighted by atomic mass is 9.95. The molecular weight excluding hydrogens is 584 g/mol. The summed E-state index contributed by atoms with van der Waals surface area (Å²) >= 11 is 4.66. The van der Waals surface area contributed by atoms with Gasteiger partial charge in [0.05, 0.1) is 36.6 Å². The summed E-state index contributed by atoms with van der Waals surface area (Å²) in [6, 6.07) is 15.9. The summed E-state index contributed by atoms with van der Waals surface area (Å²) in [5.41, 5.74) is 1.96. The van der Waals surface area contributed by atoms with Crippen LogP contribution in [0.5, 0.6) is 11.5 Å². The van der Waals surface area contributed by atoms with Gasteiger partial charge in [-0.15, -0.1) is 0 Å². The first-order chi connectivity index (χ1) is 18.8. The van der Waals surface area contributed by atoms with Crippen molar-refractivity contribution in [2.24, 2.45) is 4.99 Å². The number of halogens is 1. The lowest BCUT2D eigenvalue weighted by Gasteiger charge is -2.26. The number of rotatable bonds is 7. The van der Waals surface area contributed by atoms with Gasteiger partial charge < -0.3 is 18.6 Å². The molecule has 1 aliphatic heterocycles. The fraction of sp³-hybridized carbons (Fsp3) is 0.207. The Morgan fingerprint density at radius 3 is 2.59 bits per heavy atom. The molecule has 1 aliphatic rings. The average molecular weight is 609 g/mol. The van der Waals surface area contributed by atoms with Gasteiger partial charge in [-0.3, -0.25) is 9.36 Å². The molecule has 0 saturated heterocycles. The van der Waals surface area contributed by atoms with Gasteiger partial charge in [0.1, 0.15) is 29.1 Å². The molecule has 0 fully saturated rings. The molecule has 39 heavy (non-hydrogen) atoms. The van der Waals surface area contributed by atoms with Crippen molar-refractivity contribution in [2.45, 2.75) is 19.9 Å². The van der Waals surface area contributed by atoms with Gasteiger partial charge in [-0.25, -0.2) is 9.79 Å². The first-order valence-corrected chi connectivity index (χ1v) is 13.7. The predicted molar refractivity (Wildman–Crippen MR) is 152 cm³/mol. The fourth-order valence-corrected chi connectivity index (χ4v) is 5.75. The van der Waals surface area contributed by atoms with E-state index < -0.39 is 12.0 Å². The number of nitrogens with zero attached hydrogens (tertiary/aromatic N) is 2. The molecule has 1 atom stereocenters. The smallest absolute Gasteiger partial charge is 0.338 e. The number of carbonyl (C=O) groups is 1. The number of fused-ring (bicyclic) bond motifs is 1. The van der Waals surface area contributed by atoms with Gasteiger partial charge in [0.15, 0.2) is 4.80 Å². The topological polar surface area (TPSA) is 92.3 Å². The van der Waals surface area contributed by atoms with Crippen molar-refractivity contribution in [1.29, 1.82) is 0 Å². The molecule has 0 bridgehead atoms. The third-order valence-electron chi connectivity index (χ3n) is 6.28. The van der Waals surface area contributed by atoms with Crippen LogP contribution in [0.2, 0.25) is 0 Å². The normalized spacial score (nSPS) is 15.1. The lowest BCUT2D eigenvalue weighted by molar-refractivity contribution is -0.139. The Morgan fingerprint density at radius 2 is 1.90 bits per heavy atom. The zero-order valence-corrected chi connectivity index (χ0v) is 24.1. The van der Waals surface area contributed by atoms with E-state index in [1.165, 1.54) is 23.0 Å². The van der Waals surface area contributed by atoms with Crippen LogP contribution in [0, 0.1) is 0 Å². The van der Waals surface area contributed by atoms with Crippen LogP contribution >= 0.6 is 27.3 Å². The summed E-state index contributed by atoms with van der Waals surface area (Å²) in [4.78, 5) is 32.1. The first-order valence-electron chi connectivity index (χ1n) is 12.1. The quantitative estimate of drug-likeness (QED) is 0.279. The second-order valence-corrected chi connectivity index (χ2v) is 10.5. The summed E-state index contributed by atoms with van der Waals surface area (Å²) in [7, 11) is 3.09. The van der Waals surface area contributed by atoms with E-state index >= 15 is 0 Å². The molecule has 0 spiro atoms. The highest BCUT2D eigenvalue weighted by atomic mass is 79.9. The number of benzene rings is 2. The van der Waals surface area contributed by atoms with E-state index in [1.807, 2.05) is 36.4 Å². The number of aromatic nitrogens is 1. The Hall–Kier alpha value is -3.89. The van der Waals surface area contributed by atoms with Crippen molar-refractivity contribution in [3.8, 4) is 22.8 Å². The van der Waals surface area contributed by atoms with E-state index in [0.717, 1.165) is 10.0 Å². The van der Waals surface area contributed by atoms with Crippen molar-refractivity contribution in [3.63, 3.8) is 0 Å².